The first kappa shape index (κ1) is 31.3. The van der Waals surface area contributed by atoms with E-state index in [9.17, 15) is 24.3 Å². The van der Waals surface area contributed by atoms with Gasteiger partial charge in [0.1, 0.15) is 17.2 Å². The van der Waals surface area contributed by atoms with E-state index in [1.165, 1.54) is 6.07 Å². The first-order valence-electron chi connectivity index (χ1n) is 14.4. The zero-order valence-corrected chi connectivity index (χ0v) is 24.6. The van der Waals surface area contributed by atoms with Gasteiger partial charge in [0.25, 0.3) is 6.47 Å². The molecule has 0 radical (unpaired) electrons. The van der Waals surface area contributed by atoms with Gasteiger partial charge < -0.3 is 30.0 Å². The smallest absolute Gasteiger partial charge is 0.337 e. The van der Waals surface area contributed by atoms with Crippen LogP contribution in [0.15, 0.2) is 109 Å². The van der Waals surface area contributed by atoms with Crippen LogP contribution in [0, 0.1) is 0 Å². The summed E-state index contributed by atoms with van der Waals surface area (Å²) in [7, 11) is 0. The maximum absolute atomic E-state index is 12.5. The molecular weight excluding hydrogens is 588 g/mol. The molecule has 0 bridgehead atoms. The maximum Gasteiger partial charge on any atom is 0.337 e. The van der Waals surface area contributed by atoms with E-state index in [2.05, 4.69) is 10.6 Å². The van der Waals surface area contributed by atoms with Crippen molar-refractivity contribution in [2.24, 2.45) is 0 Å². The van der Waals surface area contributed by atoms with Crippen LogP contribution in [0.5, 0.6) is 23.0 Å². The van der Waals surface area contributed by atoms with Crippen LogP contribution in [-0.2, 0) is 20.8 Å². The topological polar surface area (TPSA) is 140 Å². The molecule has 232 valence electrons. The molecule has 0 aliphatic heterocycles. The fourth-order valence-electron chi connectivity index (χ4n) is 4.68. The quantitative estimate of drug-likeness (QED) is 0.0907. The molecule has 0 aliphatic rings. The summed E-state index contributed by atoms with van der Waals surface area (Å²) >= 11 is 0. The SMILES string of the molecule is O=COc1ccccc1NC(=O)CCCOc1ccc2cc(Oc3ccc(CC(=O)Nc4ccccc4C(=O)O)cc3)ccc2c1. The number of benzene rings is 5. The highest BCUT2D eigenvalue weighted by Crippen LogP contribution is 2.29. The number of rotatable bonds is 14. The molecule has 10 heteroatoms. The summed E-state index contributed by atoms with van der Waals surface area (Å²) in [6.07, 6.45) is 0.808. The second-order valence-electron chi connectivity index (χ2n) is 10.2. The van der Waals surface area contributed by atoms with Gasteiger partial charge in [0.15, 0.2) is 5.75 Å². The molecule has 0 aromatic heterocycles. The monoisotopic (exact) mass is 618 g/mol. The Morgan fingerprint density at radius 1 is 0.696 bits per heavy atom. The summed E-state index contributed by atoms with van der Waals surface area (Å²) in [5.41, 5.74) is 1.46. The fraction of sp³-hybridized carbons (Fsp3) is 0.111. The second kappa shape index (κ2) is 15.0. The van der Waals surface area contributed by atoms with Gasteiger partial charge in [0.2, 0.25) is 11.8 Å². The highest BCUT2D eigenvalue weighted by molar-refractivity contribution is 6.01. The Morgan fingerprint density at radius 3 is 2.07 bits per heavy atom. The number of para-hydroxylation sites is 3. The standard InChI is InChI=1S/C36H30N2O8/c39-23-45-33-9-4-3-8-32(33)38-34(40)10-5-19-44-28-17-13-26-22-29(18-14-25(26)21-28)46-27-15-11-24(12-16-27)20-35(41)37-31-7-2-1-6-30(31)36(42)43/h1-4,6-9,11-18,21-23H,5,10,19-20H2,(H,37,41)(H,38,40)(H,42,43). The van der Waals surface area contributed by atoms with Crippen LogP contribution < -0.4 is 24.8 Å². The van der Waals surface area contributed by atoms with Gasteiger partial charge in [-0.1, -0.05) is 48.5 Å². The van der Waals surface area contributed by atoms with Gasteiger partial charge in [-0.05, 0) is 83.4 Å². The Bertz CT molecular complexity index is 1870. The van der Waals surface area contributed by atoms with Crippen LogP contribution in [-0.4, -0.2) is 36.0 Å². The Labute approximate surface area is 264 Å². The summed E-state index contributed by atoms with van der Waals surface area (Å²) in [5.74, 6) is 0.558. The molecule has 10 nitrogen and oxygen atoms in total. The largest absolute Gasteiger partial charge is 0.494 e. The van der Waals surface area contributed by atoms with Crippen molar-refractivity contribution in [2.45, 2.75) is 19.3 Å². The molecule has 0 aliphatic carbocycles. The molecule has 5 aromatic rings. The van der Waals surface area contributed by atoms with Crippen molar-refractivity contribution in [2.75, 3.05) is 17.2 Å². The molecule has 2 amide bonds. The molecule has 0 saturated carbocycles. The van der Waals surface area contributed by atoms with Gasteiger partial charge in [-0.2, -0.15) is 0 Å². The molecule has 5 rings (SSSR count). The highest BCUT2D eigenvalue weighted by Gasteiger charge is 2.13. The molecule has 0 saturated heterocycles. The van der Waals surface area contributed by atoms with Gasteiger partial charge in [-0.15, -0.1) is 0 Å². The number of anilines is 2. The molecule has 0 heterocycles. The number of nitrogens with one attached hydrogen (secondary N) is 2. The van der Waals surface area contributed by atoms with E-state index in [-0.39, 0.29) is 41.7 Å². The number of hydrogen-bond donors (Lipinski definition) is 3. The van der Waals surface area contributed by atoms with Gasteiger partial charge >= 0.3 is 5.97 Å². The van der Waals surface area contributed by atoms with Crippen molar-refractivity contribution >= 4 is 46.4 Å². The number of carbonyl (C=O) groups is 4. The zero-order valence-electron chi connectivity index (χ0n) is 24.6. The number of aromatic carboxylic acids is 1. The van der Waals surface area contributed by atoms with E-state index in [1.807, 2.05) is 36.4 Å². The predicted molar refractivity (Wildman–Crippen MR) is 173 cm³/mol. The van der Waals surface area contributed by atoms with E-state index >= 15 is 0 Å². The second-order valence-corrected chi connectivity index (χ2v) is 10.2. The molecule has 0 fully saturated rings. The van der Waals surface area contributed by atoms with Crippen LogP contribution in [0.25, 0.3) is 10.8 Å². The number of ether oxygens (including phenoxy) is 3. The lowest BCUT2D eigenvalue weighted by molar-refractivity contribution is -0.121. The van der Waals surface area contributed by atoms with Crippen LogP contribution in [0.4, 0.5) is 11.4 Å². The average Bonchev–Trinajstić information content (AvgIpc) is 3.05. The first-order valence-corrected chi connectivity index (χ1v) is 14.4. The van der Waals surface area contributed by atoms with E-state index in [1.54, 1.807) is 66.7 Å². The molecule has 0 unspecified atom stereocenters. The number of amides is 2. The fourth-order valence-corrected chi connectivity index (χ4v) is 4.68. The first-order chi connectivity index (χ1) is 22.4. The van der Waals surface area contributed by atoms with Gasteiger partial charge in [0.05, 0.1) is 30.0 Å². The van der Waals surface area contributed by atoms with Crippen molar-refractivity contribution in [1.29, 1.82) is 0 Å². The lowest BCUT2D eigenvalue weighted by Gasteiger charge is -2.11. The lowest BCUT2D eigenvalue weighted by Crippen LogP contribution is -2.16. The number of carboxylic acid groups (broad SMARTS) is 1. The maximum atomic E-state index is 12.5. The third kappa shape index (κ3) is 8.48. The predicted octanol–water partition coefficient (Wildman–Crippen LogP) is 6.84. The minimum atomic E-state index is -1.11. The van der Waals surface area contributed by atoms with Crippen molar-refractivity contribution in [3.63, 3.8) is 0 Å². The van der Waals surface area contributed by atoms with Crippen LogP contribution in [0.2, 0.25) is 0 Å². The normalized spacial score (nSPS) is 10.5. The van der Waals surface area contributed by atoms with Crippen LogP contribution in [0.1, 0.15) is 28.8 Å². The molecular formula is C36H30N2O8. The molecule has 5 aromatic carbocycles. The minimum absolute atomic E-state index is 0.0309. The summed E-state index contributed by atoms with van der Waals surface area (Å²) in [6, 6.07) is 31.5. The van der Waals surface area contributed by atoms with Gasteiger partial charge in [-0.25, -0.2) is 4.79 Å². The molecule has 0 atom stereocenters. The summed E-state index contributed by atoms with van der Waals surface area (Å²) in [6.45, 7) is 0.663. The Kier molecular flexibility index (Phi) is 10.2. The van der Waals surface area contributed by atoms with E-state index in [4.69, 9.17) is 14.2 Å². The number of carbonyl (C=O) groups excluding carboxylic acids is 3. The molecule has 3 N–H and O–H groups in total. The van der Waals surface area contributed by atoms with E-state index < -0.39 is 5.97 Å². The average molecular weight is 619 g/mol. The van der Waals surface area contributed by atoms with Crippen LogP contribution in [0.3, 0.4) is 0 Å². The lowest BCUT2D eigenvalue weighted by atomic mass is 10.1. The zero-order chi connectivity index (χ0) is 32.3. The third-order valence-electron chi connectivity index (χ3n) is 6.89. The summed E-state index contributed by atoms with van der Waals surface area (Å²) in [5, 5.41) is 16.6. The van der Waals surface area contributed by atoms with Crippen molar-refractivity contribution < 1.29 is 38.5 Å². The summed E-state index contributed by atoms with van der Waals surface area (Å²) < 4.78 is 16.8. The van der Waals surface area contributed by atoms with Gasteiger partial charge in [0, 0.05) is 6.42 Å². The molecule has 46 heavy (non-hydrogen) atoms. The Hall–Kier alpha value is -6.16. The molecule has 0 spiro atoms. The van der Waals surface area contributed by atoms with E-state index in [0.717, 1.165) is 16.3 Å². The van der Waals surface area contributed by atoms with Crippen molar-refractivity contribution in [1.82, 2.24) is 0 Å². The number of fused-ring (bicyclic) bond motifs is 1. The van der Waals surface area contributed by atoms with E-state index in [0.29, 0.717) is 42.4 Å². The van der Waals surface area contributed by atoms with Crippen molar-refractivity contribution in [3.05, 3.63) is 120 Å². The number of hydrogen-bond acceptors (Lipinski definition) is 7. The Balaban J connectivity index is 1.09. The summed E-state index contributed by atoms with van der Waals surface area (Å²) in [4.78, 5) is 46.8. The third-order valence-corrected chi connectivity index (χ3v) is 6.89. The highest BCUT2D eigenvalue weighted by atomic mass is 16.5. The Morgan fingerprint density at radius 2 is 1.33 bits per heavy atom. The number of carboxylic acids is 1. The van der Waals surface area contributed by atoms with Crippen LogP contribution >= 0.6 is 0 Å². The minimum Gasteiger partial charge on any atom is -0.494 e. The van der Waals surface area contributed by atoms with Crippen molar-refractivity contribution in [3.8, 4) is 23.0 Å². The van der Waals surface area contributed by atoms with Gasteiger partial charge in [-0.3, -0.25) is 14.4 Å².